The Kier molecular flexibility index (Phi) is 5.28. The summed E-state index contributed by atoms with van der Waals surface area (Å²) in [5.41, 5.74) is 6.33. The molecule has 0 unspecified atom stereocenters. The van der Waals surface area contributed by atoms with E-state index in [0.29, 0.717) is 16.7 Å². The average Bonchev–Trinajstić information content (AvgIpc) is 2.92. The minimum absolute atomic E-state index is 0. The van der Waals surface area contributed by atoms with Gasteiger partial charge in [0.05, 0.1) is 7.11 Å². The van der Waals surface area contributed by atoms with Crippen LogP contribution in [0.5, 0.6) is 5.75 Å². The number of fused-ring (bicyclic) bond motifs is 1. The van der Waals surface area contributed by atoms with E-state index >= 15 is 0 Å². The second-order valence-electron chi connectivity index (χ2n) is 5.69. The summed E-state index contributed by atoms with van der Waals surface area (Å²) in [4.78, 5) is 27.8. The molecule has 1 aromatic carbocycles. The van der Waals surface area contributed by atoms with E-state index in [-0.39, 0.29) is 41.4 Å². The van der Waals surface area contributed by atoms with Crippen molar-refractivity contribution in [3.8, 4) is 5.75 Å². The van der Waals surface area contributed by atoms with Gasteiger partial charge >= 0.3 is 0 Å². The number of aromatic amines is 1. The maximum atomic E-state index is 12.5. The number of hydrogen-bond donors (Lipinski definition) is 3. The lowest BCUT2D eigenvalue weighted by molar-refractivity contribution is 0.0936. The predicted octanol–water partition coefficient (Wildman–Crippen LogP) is 1.57. The van der Waals surface area contributed by atoms with Gasteiger partial charge in [0.2, 0.25) is 5.43 Å². The third-order valence-corrected chi connectivity index (χ3v) is 4.14. The van der Waals surface area contributed by atoms with Crippen LogP contribution < -0.4 is 21.2 Å². The Labute approximate surface area is 139 Å². The van der Waals surface area contributed by atoms with Crippen LogP contribution in [0.15, 0.2) is 29.2 Å². The number of ether oxygens (including phenoxy) is 1. The van der Waals surface area contributed by atoms with Gasteiger partial charge in [-0.2, -0.15) is 0 Å². The summed E-state index contributed by atoms with van der Waals surface area (Å²) in [7, 11) is 1.54. The highest BCUT2D eigenvalue weighted by Gasteiger charge is 2.24. The molecule has 1 heterocycles. The van der Waals surface area contributed by atoms with Crippen LogP contribution in [-0.2, 0) is 0 Å². The molecule has 1 amide bonds. The number of pyridine rings is 1. The number of hydrogen-bond acceptors (Lipinski definition) is 4. The topological polar surface area (TPSA) is 97.2 Å². The van der Waals surface area contributed by atoms with Crippen molar-refractivity contribution < 1.29 is 9.53 Å². The maximum Gasteiger partial charge on any atom is 0.256 e. The van der Waals surface area contributed by atoms with E-state index in [1.165, 1.54) is 13.3 Å². The Hall–Kier alpha value is -2.05. The second-order valence-corrected chi connectivity index (χ2v) is 5.69. The molecule has 0 radical (unpaired) electrons. The largest absolute Gasteiger partial charge is 0.497 e. The van der Waals surface area contributed by atoms with Crippen molar-refractivity contribution >= 4 is 29.2 Å². The summed E-state index contributed by atoms with van der Waals surface area (Å²) in [6, 6.07) is 5.33. The van der Waals surface area contributed by atoms with Crippen molar-refractivity contribution in [1.29, 1.82) is 0 Å². The third-order valence-electron chi connectivity index (χ3n) is 4.14. The van der Waals surface area contributed by atoms with Crippen LogP contribution in [0.25, 0.3) is 10.9 Å². The molecule has 0 saturated heterocycles. The molecule has 0 aliphatic heterocycles. The number of H-pyrrole nitrogens is 1. The fourth-order valence-corrected chi connectivity index (χ4v) is 2.90. The molecule has 3 rings (SSSR count). The van der Waals surface area contributed by atoms with Gasteiger partial charge in [-0.25, -0.2) is 0 Å². The molecule has 0 bridgehead atoms. The fourth-order valence-electron chi connectivity index (χ4n) is 2.90. The van der Waals surface area contributed by atoms with Crippen LogP contribution in [0.2, 0.25) is 0 Å². The Morgan fingerprint density at radius 2 is 2.17 bits per heavy atom. The van der Waals surface area contributed by atoms with Gasteiger partial charge in [-0.1, -0.05) is 0 Å². The molecule has 2 aromatic rings. The first-order valence-electron chi connectivity index (χ1n) is 7.34. The van der Waals surface area contributed by atoms with Crippen LogP contribution in [0.4, 0.5) is 0 Å². The number of carbonyl (C=O) groups excluding carboxylic acids is 1. The average molecular weight is 338 g/mol. The van der Waals surface area contributed by atoms with E-state index in [4.69, 9.17) is 10.5 Å². The van der Waals surface area contributed by atoms with Crippen LogP contribution in [0, 0.1) is 0 Å². The molecule has 23 heavy (non-hydrogen) atoms. The highest BCUT2D eigenvalue weighted by atomic mass is 35.5. The van der Waals surface area contributed by atoms with Crippen molar-refractivity contribution in [2.24, 2.45) is 5.73 Å². The predicted molar refractivity (Wildman–Crippen MR) is 91.4 cm³/mol. The van der Waals surface area contributed by atoms with E-state index in [1.807, 2.05) is 0 Å². The molecular weight excluding hydrogens is 318 g/mol. The van der Waals surface area contributed by atoms with Crippen molar-refractivity contribution in [3.63, 3.8) is 0 Å². The summed E-state index contributed by atoms with van der Waals surface area (Å²) < 4.78 is 5.13. The number of nitrogens with one attached hydrogen (secondary N) is 2. The van der Waals surface area contributed by atoms with E-state index in [9.17, 15) is 9.59 Å². The van der Waals surface area contributed by atoms with E-state index < -0.39 is 0 Å². The van der Waals surface area contributed by atoms with E-state index in [2.05, 4.69) is 10.3 Å². The molecule has 7 heteroatoms. The molecule has 1 saturated carbocycles. The maximum absolute atomic E-state index is 12.5. The number of methoxy groups -OCH3 is 1. The Bertz CT molecular complexity index is 775. The smallest absolute Gasteiger partial charge is 0.256 e. The van der Waals surface area contributed by atoms with Crippen LogP contribution in [0.1, 0.15) is 29.6 Å². The Morgan fingerprint density at radius 3 is 2.83 bits per heavy atom. The third kappa shape index (κ3) is 3.48. The van der Waals surface area contributed by atoms with Gasteiger partial charge in [-0.05, 0) is 37.5 Å². The standard InChI is InChI=1S/C16H19N3O3.ClH/c1-22-11-4-5-14-12(7-11)15(20)13(8-18-14)16(21)19-10-3-2-9(17)6-10;/h4-5,7-10H,2-3,6,17H2,1H3,(H,18,20)(H,19,21);1H/t9-,10-;/m1./s1. The molecule has 1 aliphatic carbocycles. The zero-order chi connectivity index (χ0) is 15.7. The van der Waals surface area contributed by atoms with Crippen molar-refractivity contribution in [3.05, 3.63) is 40.2 Å². The first-order valence-corrected chi connectivity index (χ1v) is 7.34. The zero-order valence-electron chi connectivity index (χ0n) is 12.8. The second kappa shape index (κ2) is 7.02. The summed E-state index contributed by atoms with van der Waals surface area (Å²) in [6.07, 6.45) is 3.97. The summed E-state index contributed by atoms with van der Waals surface area (Å²) in [5.74, 6) is 0.224. The molecular formula is C16H20ClN3O3. The SMILES string of the molecule is COc1ccc2[nH]cc(C(=O)N[C@@H]3CC[C@@H](N)C3)c(=O)c2c1.Cl. The number of amides is 1. The molecule has 1 aromatic heterocycles. The number of rotatable bonds is 3. The van der Waals surface area contributed by atoms with Crippen LogP contribution >= 0.6 is 12.4 Å². The van der Waals surface area contributed by atoms with Crippen molar-refractivity contribution in [2.75, 3.05) is 7.11 Å². The van der Waals surface area contributed by atoms with Crippen molar-refractivity contribution in [2.45, 2.75) is 31.3 Å². The van der Waals surface area contributed by atoms with Gasteiger partial charge < -0.3 is 20.8 Å². The first kappa shape index (κ1) is 17.3. The number of carbonyl (C=O) groups is 1. The highest BCUT2D eigenvalue weighted by molar-refractivity contribution is 5.97. The number of benzene rings is 1. The summed E-state index contributed by atoms with van der Waals surface area (Å²) >= 11 is 0. The zero-order valence-corrected chi connectivity index (χ0v) is 13.6. The molecule has 1 aliphatic rings. The normalized spacial score (nSPS) is 20.1. The Balaban J connectivity index is 0.00000192. The minimum Gasteiger partial charge on any atom is -0.497 e. The van der Waals surface area contributed by atoms with Crippen molar-refractivity contribution in [1.82, 2.24) is 10.3 Å². The number of aromatic nitrogens is 1. The van der Waals surface area contributed by atoms with E-state index in [1.54, 1.807) is 18.2 Å². The van der Waals surface area contributed by atoms with Gasteiger partial charge in [0.15, 0.2) is 0 Å². The Morgan fingerprint density at radius 1 is 1.39 bits per heavy atom. The molecule has 124 valence electrons. The van der Waals surface area contributed by atoms with Crippen LogP contribution in [0.3, 0.4) is 0 Å². The van der Waals surface area contributed by atoms with Gasteiger partial charge in [0.1, 0.15) is 11.3 Å². The lowest BCUT2D eigenvalue weighted by Crippen LogP contribution is -2.36. The first-order chi connectivity index (χ1) is 10.6. The lowest BCUT2D eigenvalue weighted by atomic mass is 10.1. The molecule has 2 atom stereocenters. The summed E-state index contributed by atoms with van der Waals surface area (Å²) in [5, 5.41) is 3.33. The van der Waals surface area contributed by atoms with Gasteiger partial charge in [0.25, 0.3) is 5.91 Å². The fraction of sp³-hybridized carbons (Fsp3) is 0.375. The van der Waals surface area contributed by atoms with Gasteiger partial charge in [0, 0.05) is 29.2 Å². The van der Waals surface area contributed by atoms with E-state index in [0.717, 1.165) is 19.3 Å². The van der Waals surface area contributed by atoms with Gasteiger partial charge in [-0.15, -0.1) is 12.4 Å². The molecule has 0 spiro atoms. The molecule has 4 N–H and O–H groups in total. The molecule has 6 nitrogen and oxygen atoms in total. The van der Waals surface area contributed by atoms with Crippen LogP contribution in [-0.4, -0.2) is 30.1 Å². The monoisotopic (exact) mass is 337 g/mol. The number of halogens is 1. The number of nitrogens with two attached hydrogens (primary N) is 1. The molecule has 1 fully saturated rings. The lowest BCUT2D eigenvalue weighted by Gasteiger charge is -2.12. The quantitative estimate of drug-likeness (QED) is 0.792. The summed E-state index contributed by atoms with van der Waals surface area (Å²) in [6.45, 7) is 0. The van der Waals surface area contributed by atoms with Gasteiger partial charge in [-0.3, -0.25) is 9.59 Å². The highest BCUT2D eigenvalue weighted by Crippen LogP contribution is 2.18. The minimum atomic E-state index is -0.356.